The molecule has 1 saturated carbocycles. The van der Waals surface area contributed by atoms with Gasteiger partial charge in [-0.15, -0.1) is 0 Å². The maximum absolute atomic E-state index is 13.7. The third kappa shape index (κ3) is 5.21. The summed E-state index contributed by atoms with van der Waals surface area (Å²) in [6.07, 6.45) is 7.90. The molecule has 1 fully saturated rings. The second-order valence-corrected chi connectivity index (χ2v) is 6.93. The van der Waals surface area contributed by atoms with E-state index in [1.54, 1.807) is 25.3 Å². The van der Waals surface area contributed by atoms with E-state index in [1.165, 1.54) is 50.2 Å². The molecule has 0 aromatic heterocycles. The summed E-state index contributed by atoms with van der Waals surface area (Å²) in [5, 5.41) is 3.67. The molecule has 4 heteroatoms. The Labute approximate surface area is 155 Å². The summed E-state index contributed by atoms with van der Waals surface area (Å²) in [5.74, 6) is 1.06. The van der Waals surface area contributed by atoms with Crippen molar-refractivity contribution in [3.8, 4) is 11.5 Å². The lowest BCUT2D eigenvalue weighted by molar-refractivity contribution is 0.279. The number of hydrogen-bond donors (Lipinski definition) is 1. The lowest BCUT2D eigenvalue weighted by Crippen LogP contribution is -2.27. The van der Waals surface area contributed by atoms with Crippen molar-refractivity contribution in [2.45, 2.75) is 57.7 Å². The lowest BCUT2D eigenvalue weighted by atomic mass is 10.1. The zero-order valence-corrected chi connectivity index (χ0v) is 15.5. The van der Waals surface area contributed by atoms with Crippen LogP contribution in [0.2, 0.25) is 0 Å². The van der Waals surface area contributed by atoms with Crippen LogP contribution in [0.4, 0.5) is 4.39 Å². The van der Waals surface area contributed by atoms with Crippen molar-refractivity contribution < 1.29 is 13.9 Å². The minimum Gasteiger partial charge on any atom is -0.493 e. The van der Waals surface area contributed by atoms with Crippen molar-refractivity contribution in [1.82, 2.24) is 5.32 Å². The van der Waals surface area contributed by atoms with Crippen molar-refractivity contribution in [3.63, 3.8) is 0 Å². The maximum atomic E-state index is 13.7. The summed E-state index contributed by atoms with van der Waals surface area (Å²) in [7, 11) is 1.63. The number of halogens is 1. The Morgan fingerprint density at radius 1 is 1.00 bits per heavy atom. The van der Waals surface area contributed by atoms with Crippen molar-refractivity contribution in [3.05, 3.63) is 59.4 Å². The molecule has 0 aliphatic heterocycles. The fraction of sp³-hybridized carbons (Fsp3) is 0.455. The van der Waals surface area contributed by atoms with E-state index in [9.17, 15) is 4.39 Å². The van der Waals surface area contributed by atoms with Crippen molar-refractivity contribution in [2.75, 3.05) is 7.11 Å². The van der Waals surface area contributed by atoms with E-state index in [0.29, 0.717) is 23.1 Å². The van der Waals surface area contributed by atoms with Gasteiger partial charge in [0.15, 0.2) is 11.5 Å². The van der Waals surface area contributed by atoms with Crippen LogP contribution in [0, 0.1) is 5.82 Å². The van der Waals surface area contributed by atoms with E-state index in [4.69, 9.17) is 9.47 Å². The number of nitrogens with one attached hydrogen (secondary N) is 1. The number of benzene rings is 2. The predicted octanol–water partition coefficient (Wildman–Crippen LogP) is 5.23. The van der Waals surface area contributed by atoms with Crippen LogP contribution < -0.4 is 14.8 Å². The Balaban J connectivity index is 1.59. The predicted molar refractivity (Wildman–Crippen MR) is 102 cm³/mol. The summed E-state index contributed by atoms with van der Waals surface area (Å²) in [6, 6.07) is 13.2. The van der Waals surface area contributed by atoms with E-state index in [0.717, 1.165) is 6.54 Å². The van der Waals surface area contributed by atoms with Crippen LogP contribution in [0.25, 0.3) is 0 Å². The van der Waals surface area contributed by atoms with Gasteiger partial charge in [0.2, 0.25) is 0 Å². The first-order chi connectivity index (χ1) is 12.8. The zero-order chi connectivity index (χ0) is 18.2. The number of hydrogen-bond acceptors (Lipinski definition) is 3. The number of rotatable bonds is 7. The van der Waals surface area contributed by atoms with E-state index in [2.05, 4.69) is 5.32 Å². The Morgan fingerprint density at radius 2 is 1.77 bits per heavy atom. The monoisotopic (exact) mass is 357 g/mol. The molecule has 0 heterocycles. The molecule has 0 atom stereocenters. The van der Waals surface area contributed by atoms with Gasteiger partial charge in [-0.2, -0.15) is 0 Å². The third-order valence-electron chi connectivity index (χ3n) is 5.02. The smallest absolute Gasteiger partial charge is 0.161 e. The van der Waals surface area contributed by atoms with Crippen molar-refractivity contribution in [1.29, 1.82) is 0 Å². The summed E-state index contributed by atoms with van der Waals surface area (Å²) >= 11 is 0. The molecule has 0 unspecified atom stereocenters. The number of ether oxygens (including phenoxy) is 2. The van der Waals surface area contributed by atoms with Gasteiger partial charge in [-0.05, 0) is 36.6 Å². The molecule has 26 heavy (non-hydrogen) atoms. The molecular weight excluding hydrogens is 329 g/mol. The molecular formula is C22H28FNO2. The summed E-state index contributed by atoms with van der Waals surface area (Å²) < 4.78 is 25.0. The van der Waals surface area contributed by atoms with Crippen LogP contribution >= 0.6 is 0 Å². The highest BCUT2D eigenvalue weighted by Crippen LogP contribution is 2.29. The van der Waals surface area contributed by atoms with Crippen LogP contribution in [-0.4, -0.2) is 13.2 Å². The average Bonchev–Trinajstić information content (AvgIpc) is 2.95. The first kappa shape index (κ1) is 18.7. The fourth-order valence-corrected chi connectivity index (χ4v) is 3.46. The van der Waals surface area contributed by atoms with Crippen LogP contribution in [0.1, 0.15) is 49.7 Å². The molecule has 0 spiro atoms. The molecule has 0 radical (unpaired) electrons. The fourth-order valence-electron chi connectivity index (χ4n) is 3.46. The standard InChI is InChI=1S/C22H28FNO2/c1-25-22-14-17(15-24-19-9-4-2-3-5-10-19)12-13-21(22)26-16-18-8-6-7-11-20(18)23/h6-8,11-14,19,24H,2-5,9-10,15-16H2,1H3. The minimum absolute atomic E-state index is 0.183. The molecule has 140 valence electrons. The van der Waals surface area contributed by atoms with Crippen LogP contribution in [0.5, 0.6) is 11.5 Å². The normalized spacial score (nSPS) is 15.5. The van der Waals surface area contributed by atoms with Gasteiger partial charge >= 0.3 is 0 Å². The van der Waals surface area contributed by atoms with Gasteiger partial charge in [0, 0.05) is 18.2 Å². The topological polar surface area (TPSA) is 30.5 Å². The van der Waals surface area contributed by atoms with Crippen LogP contribution in [0.15, 0.2) is 42.5 Å². The Morgan fingerprint density at radius 3 is 2.50 bits per heavy atom. The van der Waals surface area contributed by atoms with Crippen molar-refractivity contribution >= 4 is 0 Å². The van der Waals surface area contributed by atoms with Gasteiger partial charge in [-0.25, -0.2) is 4.39 Å². The maximum Gasteiger partial charge on any atom is 0.161 e. The molecule has 0 amide bonds. The molecule has 3 rings (SSSR count). The van der Waals surface area contributed by atoms with Crippen LogP contribution in [0.3, 0.4) is 0 Å². The van der Waals surface area contributed by atoms with Crippen LogP contribution in [-0.2, 0) is 13.2 Å². The van der Waals surface area contributed by atoms with E-state index >= 15 is 0 Å². The Bertz CT molecular complexity index is 696. The average molecular weight is 357 g/mol. The summed E-state index contributed by atoms with van der Waals surface area (Å²) in [6.45, 7) is 1.01. The molecule has 2 aromatic rings. The molecule has 0 saturated heterocycles. The zero-order valence-electron chi connectivity index (χ0n) is 15.5. The first-order valence-electron chi connectivity index (χ1n) is 9.53. The second kappa shape index (κ2) is 9.58. The van der Waals surface area contributed by atoms with Gasteiger partial charge in [0.05, 0.1) is 7.11 Å². The molecule has 2 aromatic carbocycles. The van der Waals surface area contributed by atoms with E-state index in [1.807, 2.05) is 18.2 Å². The minimum atomic E-state index is -0.254. The van der Waals surface area contributed by atoms with E-state index in [-0.39, 0.29) is 12.4 Å². The Kier molecular flexibility index (Phi) is 6.89. The van der Waals surface area contributed by atoms with Gasteiger partial charge in [0.1, 0.15) is 12.4 Å². The van der Waals surface area contributed by atoms with Gasteiger partial charge in [-0.1, -0.05) is 49.9 Å². The molecule has 3 nitrogen and oxygen atoms in total. The molecule has 1 aliphatic rings. The third-order valence-corrected chi connectivity index (χ3v) is 5.02. The van der Waals surface area contributed by atoms with E-state index < -0.39 is 0 Å². The molecule has 1 N–H and O–H groups in total. The number of methoxy groups -OCH3 is 1. The summed E-state index contributed by atoms with van der Waals surface area (Å²) in [4.78, 5) is 0. The van der Waals surface area contributed by atoms with Crippen molar-refractivity contribution in [2.24, 2.45) is 0 Å². The van der Waals surface area contributed by atoms with Gasteiger partial charge < -0.3 is 14.8 Å². The SMILES string of the molecule is COc1cc(CNC2CCCCCC2)ccc1OCc1ccccc1F. The first-order valence-corrected chi connectivity index (χ1v) is 9.53. The molecule has 1 aliphatic carbocycles. The summed E-state index contributed by atoms with van der Waals surface area (Å²) in [5.41, 5.74) is 1.71. The highest BCUT2D eigenvalue weighted by atomic mass is 19.1. The Hall–Kier alpha value is -2.07. The second-order valence-electron chi connectivity index (χ2n) is 6.93. The quantitative estimate of drug-likeness (QED) is 0.689. The highest BCUT2D eigenvalue weighted by Gasteiger charge is 2.12. The van der Waals surface area contributed by atoms with Gasteiger partial charge in [0.25, 0.3) is 0 Å². The highest BCUT2D eigenvalue weighted by molar-refractivity contribution is 5.43. The lowest BCUT2D eigenvalue weighted by Gasteiger charge is -2.17. The molecule has 0 bridgehead atoms. The largest absolute Gasteiger partial charge is 0.493 e. The van der Waals surface area contributed by atoms with Gasteiger partial charge in [-0.3, -0.25) is 0 Å².